The quantitative estimate of drug-likeness (QED) is 0.524. The monoisotopic (exact) mass is 405 g/mol. The van der Waals surface area contributed by atoms with Gasteiger partial charge in [0, 0.05) is 18.8 Å². The van der Waals surface area contributed by atoms with Gasteiger partial charge in [0.05, 0.1) is 41.7 Å². The third-order valence-corrected chi connectivity index (χ3v) is 5.09. The van der Waals surface area contributed by atoms with Gasteiger partial charge in [-0.3, -0.25) is 9.48 Å². The molecule has 1 unspecified atom stereocenters. The van der Waals surface area contributed by atoms with E-state index in [9.17, 15) is 4.79 Å². The number of nitrogens with zero attached hydrogens (tertiary/aromatic N) is 4. The average Bonchev–Trinajstić information content (AvgIpc) is 3.37. The minimum absolute atomic E-state index is 0.145. The Morgan fingerprint density at radius 3 is 2.70 bits per heavy atom. The van der Waals surface area contributed by atoms with E-state index in [1.165, 1.54) is 0 Å². The van der Waals surface area contributed by atoms with Gasteiger partial charge in [-0.2, -0.15) is 5.10 Å². The number of amides is 1. The van der Waals surface area contributed by atoms with Crippen LogP contribution in [0.4, 0.5) is 0 Å². The van der Waals surface area contributed by atoms with Crippen LogP contribution in [0, 0.1) is 6.92 Å². The smallest absolute Gasteiger partial charge is 0.259 e. The SMILES string of the molecule is CCC(NC(=O)c1cc(-c2cnn(C)c2)nc2onc(C)c12)c1ccc(OC)cc1. The highest BCUT2D eigenvalue weighted by Crippen LogP contribution is 2.28. The third kappa shape index (κ3) is 3.63. The summed E-state index contributed by atoms with van der Waals surface area (Å²) in [5.41, 5.74) is 3.84. The molecule has 1 N–H and O–H groups in total. The van der Waals surface area contributed by atoms with Gasteiger partial charge in [-0.1, -0.05) is 24.2 Å². The van der Waals surface area contributed by atoms with Crippen molar-refractivity contribution in [3.63, 3.8) is 0 Å². The van der Waals surface area contributed by atoms with E-state index >= 15 is 0 Å². The summed E-state index contributed by atoms with van der Waals surface area (Å²) >= 11 is 0. The summed E-state index contributed by atoms with van der Waals surface area (Å²) in [6, 6.07) is 9.31. The van der Waals surface area contributed by atoms with E-state index in [1.54, 1.807) is 31.0 Å². The number of carbonyl (C=O) groups is 1. The van der Waals surface area contributed by atoms with E-state index in [1.807, 2.05) is 44.4 Å². The van der Waals surface area contributed by atoms with E-state index in [0.717, 1.165) is 23.3 Å². The molecule has 3 aromatic heterocycles. The number of aromatic nitrogens is 4. The fourth-order valence-electron chi connectivity index (χ4n) is 3.47. The van der Waals surface area contributed by atoms with Crippen molar-refractivity contribution in [1.82, 2.24) is 25.2 Å². The molecular formula is C22H23N5O3. The number of hydrogen-bond acceptors (Lipinski definition) is 6. The molecule has 154 valence electrons. The lowest BCUT2D eigenvalue weighted by Gasteiger charge is -2.18. The predicted molar refractivity (Wildman–Crippen MR) is 112 cm³/mol. The highest BCUT2D eigenvalue weighted by atomic mass is 16.5. The molecule has 0 aliphatic rings. The number of hydrogen-bond donors (Lipinski definition) is 1. The zero-order chi connectivity index (χ0) is 21.3. The lowest BCUT2D eigenvalue weighted by Crippen LogP contribution is -2.28. The number of nitrogens with one attached hydrogen (secondary N) is 1. The Morgan fingerprint density at radius 2 is 2.07 bits per heavy atom. The van der Waals surface area contributed by atoms with Crippen LogP contribution in [0.25, 0.3) is 22.4 Å². The highest BCUT2D eigenvalue weighted by molar-refractivity contribution is 6.07. The Labute approximate surface area is 173 Å². The van der Waals surface area contributed by atoms with Crippen molar-refractivity contribution in [2.45, 2.75) is 26.3 Å². The molecule has 0 spiro atoms. The molecule has 4 rings (SSSR count). The normalized spacial score (nSPS) is 12.1. The maximum atomic E-state index is 13.3. The summed E-state index contributed by atoms with van der Waals surface area (Å²) in [5.74, 6) is 0.568. The summed E-state index contributed by atoms with van der Waals surface area (Å²) in [7, 11) is 3.46. The number of fused-ring (bicyclic) bond motifs is 1. The van der Waals surface area contributed by atoms with Crippen LogP contribution in [0.3, 0.4) is 0 Å². The molecule has 0 radical (unpaired) electrons. The molecule has 1 atom stereocenters. The lowest BCUT2D eigenvalue weighted by atomic mass is 10.0. The van der Waals surface area contributed by atoms with Crippen molar-refractivity contribution < 1.29 is 14.1 Å². The minimum Gasteiger partial charge on any atom is -0.497 e. The van der Waals surface area contributed by atoms with Gasteiger partial charge in [0.1, 0.15) is 5.75 Å². The first kappa shape index (κ1) is 19.6. The van der Waals surface area contributed by atoms with Crippen LogP contribution in [0.15, 0.2) is 47.2 Å². The maximum Gasteiger partial charge on any atom is 0.259 e. The number of methoxy groups -OCH3 is 1. The fourth-order valence-corrected chi connectivity index (χ4v) is 3.47. The summed E-state index contributed by atoms with van der Waals surface area (Å²) in [6.45, 7) is 3.83. The molecule has 0 saturated carbocycles. The van der Waals surface area contributed by atoms with Gasteiger partial charge >= 0.3 is 0 Å². The first-order valence-electron chi connectivity index (χ1n) is 9.71. The number of rotatable bonds is 6. The largest absolute Gasteiger partial charge is 0.497 e. The Kier molecular flexibility index (Phi) is 5.22. The second kappa shape index (κ2) is 7.98. The van der Waals surface area contributed by atoms with Crippen molar-refractivity contribution in [3.05, 3.63) is 59.5 Å². The molecular weight excluding hydrogens is 382 g/mol. The van der Waals surface area contributed by atoms with Crippen LogP contribution in [-0.2, 0) is 7.05 Å². The second-order valence-corrected chi connectivity index (χ2v) is 7.11. The van der Waals surface area contributed by atoms with E-state index in [4.69, 9.17) is 9.26 Å². The van der Waals surface area contributed by atoms with E-state index in [-0.39, 0.29) is 11.9 Å². The molecule has 4 aromatic rings. The predicted octanol–water partition coefficient (Wildman–Crippen LogP) is 3.82. The summed E-state index contributed by atoms with van der Waals surface area (Å²) < 4.78 is 12.3. The number of ether oxygens (including phenoxy) is 1. The molecule has 8 heteroatoms. The van der Waals surface area contributed by atoms with Gasteiger partial charge in [-0.25, -0.2) is 4.98 Å². The molecule has 30 heavy (non-hydrogen) atoms. The summed E-state index contributed by atoms with van der Waals surface area (Å²) in [6.07, 6.45) is 4.28. The molecule has 0 aliphatic carbocycles. The summed E-state index contributed by atoms with van der Waals surface area (Å²) in [4.78, 5) is 17.8. The van der Waals surface area contributed by atoms with Crippen molar-refractivity contribution in [3.8, 4) is 17.0 Å². The molecule has 0 aliphatic heterocycles. The highest BCUT2D eigenvalue weighted by Gasteiger charge is 2.22. The average molecular weight is 405 g/mol. The number of pyridine rings is 1. The van der Waals surface area contributed by atoms with Crippen molar-refractivity contribution in [2.24, 2.45) is 7.05 Å². The maximum absolute atomic E-state index is 13.3. The second-order valence-electron chi connectivity index (χ2n) is 7.11. The van der Waals surface area contributed by atoms with Gasteiger partial charge in [-0.05, 0) is 37.1 Å². The molecule has 3 heterocycles. The third-order valence-electron chi connectivity index (χ3n) is 5.09. The Balaban J connectivity index is 1.71. The zero-order valence-corrected chi connectivity index (χ0v) is 17.3. The first-order valence-corrected chi connectivity index (χ1v) is 9.71. The van der Waals surface area contributed by atoms with Crippen molar-refractivity contribution >= 4 is 17.0 Å². The first-order chi connectivity index (χ1) is 14.5. The number of benzene rings is 1. The lowest BCUT2D eigenvalue weighted by molar-refractivity contribution is 0.0937. The van der Waals surface area contributed by atoms with E-state index in [0.29, 0.717) is 28.1 Å². The van der Waals surface area contributed by atoms with Gasteiger partial charge in [0.25, 0.3) is 11.6 Å². The van der Waals surface area contributed by atoms with Crippen LogP contribution in [0.1, 0.15) is 41.0 Å². The van der Waals surface area contributed by atoms with Crippen molar-refractivity contribution in [1.29, 1.82) is 0 Å². The Morgan fingerprint density at radius 1 is 1.30 bits per heavy atom. The van der Waals surface area contributed by atoms with E-state index in [2.05, 4.69) is 20.6 Å². The molecule has 0 bridgehead atoms. The Bertz CT molecular complexity index is 1190. The Hall–Kier alpha value is -3.68. The molecule has 1 amide bonds. The zero-order valence-electron chi connectivity index (χ0n) is 17.3. The molecule has 8 nitrogen and oxygen atoms in total. The fraction of sp³-hybridized carbons (Fsp3) is 0.273. The van der Waals surface area contributed by atoms with Crippen LogP contribution in [-0.4, -0.2) is 32.9 Å². The van der Waals surface area contributed by atoms with Gasteiger partial charge < -0.3 is 14.6 Å². The van der Waals surface area contributed by atoms with Gasteiger partial charge in [0.15, 0.2) is 0 Å². The van der Waals surface area contributed by atoms with Crippen LogP contribution >= 0.6 is 0 Å². The van der Waals surface area contributed by atoms with Gasteiger partial charge in [-0.15, -0.1) is 0 Å². The van der Waals surface area contributed by atoms with E-state index < -0.39 is 0 Å². The topological polar surface area (TPSA) is 95.1 Å². The van der Waals surface area contributed by atoms with Crippen LogP contribution < -0.4 is 10.1 Å². The van der Waals surface area contributed by atoms with Gasteiger partial charge in [0.2, 0.25) is 0 Å². The van der Waals surface area contributed by atoms with Crippen LogP contribution in [0.5, 0.6) is 5.75 Å². The van der Waals surface area contributed by atoms with Crippen molar-refractivity contribution in [2.75, 3.05) is 7.11 Å². The number of aryl methyl sites for hydroxylation is 2. The molecule has 0 saturated heterocycles. The molecule has 1 aromatic carbocycles. The minimum atomic E-state index is -0.207. The summed E-state index contributed by atoms with van der Waals surface area (Å²) in [5, 5.41) is 11.9. The standard InChI is InChI=1S/C22H23N5O3/c1-5-18(14-6-8-16(29-4)9-7-14)24-21(28)17-10-19(15-11-23-27(3)12-15)25-22-20(17)13(2)26-30-22/h6-12,18H,5H2,1-4H3,(H,24,28). The molecule has 0 fully saturated rings. The van der Waals surface area contributed by atoms with Crippen LogP contribution in [0.2, 0.25) is 0 Å². The number of carbonyl (C=O) groups excluding carboxylic acids is 1.